The quantitative estimate of drug-likeness (QED) is 0.643. The monoisotopic (exact) mass is 414 g/mol. The molecule has 0 fully saturated rings. The average Bonchev–Trinajstić information content (AvgIpc) is 3.21. The molecule has 0 unspecified atom stereocenters. The molecule has 3 rings (SSSR count). The van der Waals surface area contributed by atoms with E-state index < -0.39 is 29.3 Å². The van der Waals surface area contributed by atoms with Crippen LogP contribution < -0.4 is 5.32 Å². The van der Waals surface area contributed by atoms with Crippen LogP contribution in [0.25, 0.3) is 5.69 Å². The molecular weight excluding hydrogens is 400 g/mol. The third kappa shape index (κ3) is 4.32. The van der Waals surface area contributed by atoms with Gasteiger partial charge in [-0.3, -0.25) is 10.1 Å². The lowest BCUT2D eigenvalue weighted by Crippen LogP contribution is -2.21. The topological polar surface area (TPSA) is 85.6 Å². The number of rotatable bonds is 5. The fourth-order valence-electron chi connectivity index (χ4n) is 2.34. The Morgan fingerprint density at radius 1 is 1.18 bits per heavy atom. The van der Waals surface area contributed by atoms with Crippen molar-refractivity contribution < 1.29 is 22.4 Å². The fraction of sp³-hybridized carbons (Fsp3) is 0.312. The van der Waals surface area contributed by atoms with E-state index in [1.54, 1.807) is 0 Å². The van der Waals surface area contributed by atoms with E-state index in [4.69, 9.17) is 0 Å². The Balaban J connectivity index is 1.92. The van der Waals surface area contributed by atoms with Crippen LogP contribution in [0.1, 0.15) is 35.0 Å². The molecule has 12 heteroatoms. The second kappa shape index (κ2) is 7.62. The summed E-state index contributed by atoms with van der Waals surface area (Å²) >= 11 is 1.07. The fourth-order valence-corrected chi connectivity index (χ4v) is 3.29. The van der Waals surface area contributed by atoms with E-state index in [2.05, 4.69) is 25.8 Å². The third-order valence-corrected chi connectivity index (χ3v) is 4.36. The highest BCUT2D eigenvalue weighted by Crippen LogP contribution is 2.33. The first-order chi connectivity index (χ1) is 13.1. The van der Waals surface area contributed by atoms with Crippen LogP contribution in [0.15, 0.2) is 24.3 Å². The van der Waals surface area contributed by atoms with Crippen molar-refractivity contribution in [3.63, 3.8) is 0 Å². The van der Waals surface area contributed by atoms with E-state index in [1.807, 2.05) is 13.8 Å². The van der Waals surface area contributed by atoms with Gasteiger partial charge < -0.3 is 0 Å². The number of halogens is 4. The number of hydrogen-bond acceptors (Lipinski definition) is 6. The molecule has 2 aromatic heterocycles. The van der Waals surface area contributed by atoms with Gasteiger partial charge in [0.2, 0.25) is 5.13 Å². The van der Waals surface area contributed by atoms with E-state index in [9.17, 15) is 22.4 Å². The van der Waals surface area contributed by atoms with Gasteiger partial charge >= 0.3 is 6.18 Å². The minimum Gasteiger partial charge on any atom is -0.295 e. The number of hydrogen-bond donors (Lipinski definition) is 1. The van der Waals surface area contributed by atoms with Crippen LogP contribution in [0.3, 0.4) is 0 Å². The second-order valence-electron chi connectivity index (χ2n) is 6.23. The number of nitrogens with zero attached hydrogens (tertiary/aromatic N) is 5. The highest BCUT2D eigenvalue weighted by Gasteiger charge is 2.42. The van der Waals surface area contributed by atoms with Gasteiger partial charge in [0.05, 0.1) is 5.69 Å². The van der Waals surface area contributed by atoms with Crippen molar-refractivity contribution in [2.45, 2.75) is 26.4 Å². The van der Waals surface area contributed by atoms with Crippen LogP contribution in [0, 0.1) is 11.7 Å². The normalized spacial score (nSPS) is 11.8. The number of amides is 1. The molecular formula is C16H14F4N6OS. The Bertz CT molecular complexity index is 980. The maximum absolute atomic E-state index is 13.6. The van der Waals surface area contributed by atoms with Gasteiger partial charge in [0, 0.05) is 6.42 Å². The Morgan fingerprint density at radius 3 is 2.46 bits per heavy atom. The molecule has 1 N–H and O–H groups in total. The minimum atomic E-state index is -4.92. The number of aromatic nitrogens is 5. The molecule has 0 saturated heterocycles. The van der Waals surface area contributed by atoms with Crippen molar-refractivity contribution in [2.75, 3.05) is 5.32 Å². The van der Waals surface area contributed by atoms with Gasteiger partial charge in [0.25, 0.3) is 5.91 Å². The Kier molecular flexibility index (Phi) is 5.40. The maximum atomic E-state index is 13.6. The predicted octanol–water partition coefficient (Wildman–Crippen LogP) is 3.73. The van der Waals surface area contributed by atoms with E-state index in [1.165, 1.54) is 0 Å². The van der Waals surface area contributed by atoms with Gasteiger partial charge in [-0.1, -0.05) is 30.4 Å². The molecule has 7 nitrogen and oxygen atoms in total. The maximum Gasteiger partial charge on any atom is 0.435 e. The van der Waals surface area contributed by atoms with Crippen LogP contribution in [0.5, 0.6) is 0 Å². The summed E-state index contributed by atoms with van der Waals surface area (Å²) in [5.41, 5.74) is -2.38. The molecule has 0 aliphatic heterocycles. The molecule has 2 heterocycles. The number of anilines is 1. The van der Waals surface area contributed by atoms with Gasteiger partial charge in [-0.05, 0) is 30.2 Å². The molecule has 0 aliphatic carbocycles. The summed E-state index contributed by atoms with van der Waals surface area (Å²) in [5, 5.41) is 17.4. The lowest BCUT2D eigenvalue weighted by molar-refractivity contribution is -0.143. The van der Waals surface area contributed by atoms with Gasteiger partial charge in [0.1, 0.15) is 10.8 Å². The molecule has 0 radical (unpaired) electrons. The Hall–Kier alpha value is -2.89. The number of nitrogens with one attached hydrogen (secondary N) is 1. The van der Waals surface area contributed by atoms with E-state index in [0.717, 1.165) is 35.6 Å². The smallest absolute Gasteiger partial charge is 0.295 e. The first-order valence-corrected chi connectivity index (χ1v) is 8.89. The highest BCUT2D eigenvalue weighted by molar-refractivity contribution is 7.15. The van der Waals surface area contributed by atoms with Gasteiger partial charge in [-0.15, -0.1) is 15.3 Å². The van der Waals surface area contributed by atoms with Crippen molar-refractivity contribution >= 4 is 22.4 Å². The number of carbonyl (C=O) groups excluding carboxylic acids is 1. The molecule has 3 aromatic rings. The lowest BCUT2D eigenvalue weighted by atomic mass is 10.1. The molecule has 0 atom stereocenters. The SMILES string of the molecule is CC(C)Cc1nnc(NC(=O)c2nnn(-c3ccc(F)cc3)c2C(F)(F)F)s1. The van der Waals surface area contributed by atoms with Crippen LogP contribution in [-0.4, -0.2) is 31.1 Å². The predicted molar refractivity (Wildman–Crippen MR) is 92.7 cm³/mol. The van der Waals surface area contributed by atoms with Crippen molar-refractivity contribution in [2.24, 2.45) is 5.92 Å². The van der Waals surface area contributed by atoms with Crippen LogP contribution in [0.2, 0.25) is 0 Å². The van der Waals surface area contributed by atoms with Crippen LogP contribution >= 0.6 is 11.3 Å². The lowest BCUT2D eigenvalue weighted by Gasteiger charge is -2.10. The van der Waals surface area contributed by atoms with Gasteiger partial charge in [-0.25, -0.2) is 9.07 Å². The van der Waals surface area contributed by atoms with Crippen molar-refractivity contribution in [3.8, 4) is 5.69 Å². The molecule has 0 aliphatic rings. The van der Waals surface area contributed by atoms with E-state index >= 15 is 0 Å². The summed E-state index contributed by atoms with van der Waals surface area (Å²) in [6.45, 7) is 3.95. The Labute approximate surface area is 160 Å². The number of alkyl halides is 3. The summed E-state index contributed by atoms with van der Waals surface area (Å²) < 4.78 is 54.2. The first kappa shape index (κ1) is 19.9. The molecule has 1 aromatic carbocycles. The van der Waals surface area contributed by atoms with Crippen molar-refractivity contribution in [1.82, 2.24) is 25.2 Å². The summed E-state index contributed by atoms with van der Waals surface area (Å²) in [6, 6.07) is 4.16. The zero-order chi connectivity index (χ0) is 20.5. The third-order valence-electron chi connectivity index (χ3n) is 3.50. The molecule has 0 spiro atoms. The molecule has 0 saturated carbocycles. The summed E-state index contributed by atoms with van der Waals surface area (Å²) in [5.74, 6) is -1.43. The molecule has 0 bridgehead atoms. The van der Waals surface area contributed by atoms with E-state index in [0.29, 0.717) is 22.0 Å². The molecule has 1 amide bonds. The van der Waals surface area contributed by atoms with Crippen LogP contribution in [-0.2, 0) is 12.6 Å². The minimum absolute atomic E-state index is 0.0603. The number of carbonyl (C=O) groups is 1. The summed E-state index contributed by atoms with van der Waals surface area (Å²) in [4.78, 5) is 12.4. The first-order valence-electron chi connectivity index (χ1n) is 8.07. The van der Waals surface area contributed by atoms with Crippen molar-refractivity contribution in [1.29, 1.82) is 0 Å². The Morgan fingerprint density at radius 2 is 1.86 bits per heavy atom. The molecule has 148 valence electrons. The summed E-state index contributed by atoms with van der Waals surface area (Å²) in [7, 11) is 0. The van der Waals surface area contributed by atoms with Gasteiger partial charge in [0.15, 0.2) is 11.4 Å². The highest BCUT2D eigenvalue weighted by atomic mass is 32.1. The zero-order valence-corrected chi connectivity index (χ0v) is 15.5. The van der Waals surface area contributed by atoms with Crippen molar-refractivity contribution in [3.05, 3.63) is 46.5 Å². The average molecular weight is 414 g/mol. The molecule has 28 heavy (non-hydrogen) atoms. The van der Waals surface area contributed by atoms with E-state index in [-0.39, 0.29) is 10.8 Å². The summed E-state index contributed by atoms with van der Waals surface area (Å²) in [6.07, 6.45) is -4.30. The standard InChI is InChI=1S/C16H14F4N6OS/c1-8(2)7-11-22-24-15(28-11)21-14(27)12-13(16(18,19)20)26(25-23-12)10-5-3-9(17)4-6-10/h3-6,8H,7H2,1-2H3,(H,21,24,27). The number of benzene rings is 1. The van der Waals surface area contributed by atoms with Crippen LogP contribution in [0.4, 0.5) is 22.7 Å². The largest absolute Gasteiger partial charge is 0.435 e. The second-order valence-corrected chi connectivity index (χ2v) is 7.29. The van der Waals surface area contributed by atoms with Gasteiger partial charge in [-0.2, -0.15) is 13.2 Å². The zero-order valence-electron chi connectivity index (χ0n) is 14.7.